The Balaban J connectivity index is 1.85. The Bertz CT molecular complexity index is 490. The lowest BCUT2D eigenvalue weighted by Crippen LogP contribution is -2.50. The van der Waals surface area contributed by atoms with E-state index in [1.165, 1.54) is 50.7 Å². The molecule has 0 radical (unpaired) electrons. The van der Waals surface area contributed by atoms with E-state index in [1.807, 2.05) is 0 Å². The first-order chi connectivity index (χ1) is 10.2. The molecule has 0 aromatic heterocycles. The molecule has 4 heteroatoms. The quantitative estimate of drug-likeness (QED) is 0.922. The Kier molecular flexibility index (Phi) is 4.55. The fraction of sp³-hybridized carbons (Fsp3) is 0.647. The van der Waals surface area contributed by atoms with Crippen molar-refractivity contribution in [1.82, 2.24) is 4.90 Å². The molecular weight excluding hydrogens is 270 g/mol. The van der Waals surface area contributed by atoms with Crippen LogP contribution in [-0.2, 0) is 0 Å². The number of nitrogens with two attached hydrogens (primary N) is 1. The summed E-state index contributed by atoms with van der Waals surface area (Å²) in [5.41, 5.74) is 6.80. The average molecular weight is 294 g/mol. The molecule has 1 aromatic carbocycles. The van der Waals surface area contributed by atoms with Crippen LogP contribution in [0.5, 0.6) is 0 Å². The summed E-state index contributed by atoms with van der Waals surface area (Å²) in [6, 6.07) is 4.79. The molecule has 2 N–H and O–H groups in total. The molecule has 3 rings (SSSR count). The topological polar surface area (TPSA) is 29.3 Å². The van der Waals surface area contributed by atoms with E-state index in [-0.39, 0.29) is 6.04 Å². The van der Waals surface area contributed by atoms with Crippen molar-refractivity contribution in [3.8, 4) is 0 Å². The molecule has 2 fully saturated rings. The third kappa shape index (κ3) is 2.97. The van der Waals surface area contributed by atoms with Crippen molar-refractivity contribution in [3.63, 3.8) is 0 Å². The lowest BCUT2D eigenvalue weighted by molar-refractivity contribution is 0.0275. The van der Waals surface area contributed by atoms with E-state index in [9.17, 15) is 8.78 Å². The highest BCUT2D eigenvalue weighted by Gasteiger charge is 2.36. The van der Waals surface area contributed by atoms with Crippen LogP contribution in [0.1, 0.15) is 50.1 Å². The molecule has 1 aliphatic carbocycles. The summed E-state index contributed by atoms with van der Waals surface area (Å²) in [5.74, 6) is -0.807. The van der Waals surface area contributed by atoms with Gasteiger partial charge in [-0.2, -0.15) is 0 Å². The highest BCUT2D eigenvalue weighted by molar-refractivity contribution is 5.22. The van der Waals surface area contributed by atoms with Crippen LogP contribution >= 0.6 is 0 Å². The lowest BCUT2D eigenvalue weighted by Gasteiger charge is -2.47. The molecule has 2 aliphatic rings. The van der Waals surface area contributed by atoms with Crippen LogP contribution in [0.15, 0.2) is 18.2 Å². The third-order valence-electron chi connectivity index (χ3n) is 5.24. The normalized spacial score (nSPS) is 28.1. The molecule has 0 bridgehead atoms. The number of likely N-dealkylation sites (tertiary alicyclic amines) is 1. The molecule has 1 aromatic rings. The maximum Gasteiger partial charge on any atom is 0.159 e. The highest BCUT2D eigenvalue weighted by Crippen LogP contribution is 2.39. The monoisotopic (exact) mass is 294 g/mol. The van der Waals surface area contributed by atoms with Gasteiger partial charge < -0.3 is 5.73 Å². The second-order valence-electron chi connectivity index (χ2n) is 6.42. The summed E-state index contributed by atoms with van der Waals surface area (Å²) in [4.78, 5) is 2.46. The number of rotatable bonds is 3. The van der Waals surface area contributed by atoms with Crippen molar-refractivity contribution < 1.29 is 8.78 Å². The van der Waals surface area contributed by atoms with E-state index in [1.54, 1.807) is 6.07 Å². The van der Waals surface area contributed by atoms with Gasteiger partial charge in [0.1, 0.15) is 0 Å². The number of benzene rings is 1. The maximum absolute atomic E-state index is 13.5. The summed E-state index contributed by atoms with van der Waals surface area (Å²) >= 11 is 0. The molecule has 1 saturated carbocycles. The van der Waals surface area contributed by atoms with Gasteiger partial charge in [0, 0.05) is 18.6 Å². The Hall–Kier alpha value is -1.00. The van der Waals surface area contributed by atoms with Crippen LogP contribution in [0.2, 0.25) is 0 Å². The second-order valence-corrected chi connectivity index (χ2v) is 6.42. The molecule has 1 heterocycles. The molecule has 3 atom stereocenters. The van der Waals surface area contributed by atoms with Gasteiger partial charge in [-0.15, -0.1) is 0 Å². The third-order valence-corrected chi connectivity index (χ3v) is 5.24. The SMILES string of the molecule is NCC(c1ccc(F)c(F)c1)N1CCC[C@H]2CCCC[C@H]21. The summed E-state index contributed by atoms with van der Waals surface area (Å²) < 4.78 is 26.7. The van der Waals surface area contributed by atoms with Crippen LogP contribution in [0.4, 0.5) is 8.78 Å². The fourth-order valence-electron chi connectivity index (χ4n) is 4.23. The molecule has 1 unspecified atom stereocenters. The molecule has 0 spiro atoms. The van der Waals surface area contributed by atoms with Gasteiger partial charge in [0.2, 0.25) is 0 Å². The minimum atomic E-state index is -0.788. The Morgan fingerprint density at radius 3 is 2.62 bits per heavy atom. The largest absolute Gasteiger partial charge is 0.329 e. The maximum atomic E-state index is 13.5. The average Bonchev–Trinajstić information content (AvgIpc) is 2.52. The summed E-state index contributed by atoms with van der Waals surface area (Å²) in [6.45, 7) is 1.47. The second kappa shape index (κ2) is 6.41. The number of halogens is 2. The zero-order valence-corrected chi connectivity index (χ0v) is 12.4. The minimum Gasteiger partial charge on any atom is -0.329 e. The molecule has 21 heavy (non-hydrogen) atoms. The zero-order valence-electron chi connectivity index (χ0n) is 12.4. The van der Waals surface area contributed by atoms with Crippen molar-refractivity contribution in [2.45, 2.75) is 50.6 Å². The number of hydrogen-bond acceptors (Lipinski definition) is 2. The Morgan fingerprint density at radius 2 is 1.86 bits per heavy atom. The van der Waals surface area contributed by atoms with Gasteiger partial charge in [0.25, 0.3) is 0 Å². The number of fused-ring (bicyclic) bond motifs is 1. The summed E-state index contributed by atoms with van der Waals surface area (Å²) in [6.07, 6.45) is 7.60. The van der Waals surface area contributed by atoms with E-state index in [2.05, 4.69) is 4.90 Å². The zero-order chi connectivity index (χ0) is 14.8. The van der Waals surface area contributed by atoms with Crippen molar-refractivity contribution in [1.29, 1.82) is 0 Å². The molecule has 0 amide bonds. The molecule has 1 saturated heterocycles. The van der Waals surface area contributed by atoms with Gasteiger partial charge in [-0.1, -0.05) is 18.9 Å². The molecule has 116 valence electrons. The van der Waals surface area contributed by atoms with Crippen molar-refractivity contribution >= 4 is 0 Å². The Labute approximate surface area is 125 Å². The first-order valence-electron chi connectivity index (χ1n) is 8.11. The summed E-state index contributed by atoms with van der Waals surface area (Å²) in [7, 11) is 0. The van der Waals surface area contributed by atoms with Crippen LogP contribution in [0, 0.1) is 17.6 Å². The van der Waals surface area contributed by atoms with Crippen molar-refractivity contribution in [3.05, 3.63) is 35.4 Å². The van der Waals surface area contributed by atoms with E-state index in [0.717, 1.165) is 18.0 Å². The van der Waals surface area contributed by atoms with Gasteiger partial charge in [-0.25, -0.2) is 8.78 Å². The predicted molar refractivity (Wildman–Crippen MR) is 79.8 cm³/mol. The van der Waals surface area contributed by atoms with Crippen LogP contribution in [0.3, 0.4) is 0 Å². The first kappa shape index (κ1) is 14.9. The number of nitrogens with zero attached hydrogens (tertiary/aromatic N) is 1. The molecular formula is C17H24F2N2. The van der Waals surface area contributed by atoms with Gasteiger partial charge >= 0.3 is 0 Å². The minimum absolute atomic E-state index is 0.00556. The van der Waals surface area contributed by atoms with E-state index in [4.69, 9.17) is 5.73 Å². The first-order valence-corrected chi connectivity index (χ1v) is 8.11. The predicted octanol–water partition coefficient (Wildman–Crippen LogP) is 3.62. The molecule has 1 aliphatic heterocycles. The van der Waals surface area contributed by atoms with Crippen LogP contribution < -0.4 is 5.73 Å². The smallest absolute Gasteiger partial charge is 0.159 e. The fourth-order valence-corrected chi connectivity index (χ4v) is 4.23. The van der Waals surface area contributed by atoms with E-state index in [0.29, 0.717) is 12.6 Å². The number of hydrogen-bond donors (Lipinski definition) is 1. The van der Waals surface area contributed by atoms with Gasteiger partial charge in [-0.3, -0.25) is 4.90 Å². The lowest BCUT2D eigenvalue weighted by atomic mass is 9.77. The van der Waals surface area contributed by atoms with Crippen molar-refractivity contribution in [2.24, 2.45) is 11.7 Å². The molecule has 2 nitrogen and oxygen atoms in total. The van der Waals surface area contributed by atoms with E-state index >= 15 is 0 Å². The van der Waals surface area contributed by atoms with Crippen molar-refractivity contribution in [2.75, 3.05) is 13.1 Å². The standard InChI is InChI=1S/C17H24F2N2/c18-14-8-7-13(10-15(14)19)17(11-20)21-9-3-5-12-4-1-2-6-16(12)21/h7-8,10,12,16-17H,1-6,9,11,20H2/t12-,16-,17?/m1/s1. The number of piperidine rings is 1. The highest BCUT2D eigenvalue weighted by atomic mass is 19.2. The van der Waals surface area contributed by atoms with Gasteiger partial charge in [-0.05, 0) is 55.8 Å². The van der Waals surface area contributed by atoms with E-state index < -0.39 is 11.6 Å². The van der Waals surface area contributed by atoms with Gasteiger partial charge in [0.15, 0.2) is 11.6 Å². The van der Waals surface area contributed by atoms with Crippen LogP contribution in [0.25, 0.3) is 0 Å². The Morgan fingerprint density at radius 1 is 1.10 bits per heavy atom. The summed E-state index contributed by atoms with van der Waals surface area (Å²) in [5, 5.41) is 0. The van der Waals surface area contributed by atoms with Crippen LogP contribution in [-0.4, -0.2) is 24.0 Å². The van der Waals surface area contributed by atoms with Gasteiger partial charge in [0.05, 0.1) is 0 Å².